The van der Waals surface area contributed by atoms with Crippen LogP contribution in [-0.2, 0) is 12.8 Å². The first-order valence-electron chi connectivity index (χ1n) is 4.71. The van der Waals surface area contributed by atoms with Gasteiger partial charge in [0.1, 0.15) is 0 Å². The molecule has 0 aliphatic heterocycles. The van der Waals surface area contributed by atoms with Gasteiger partial charge in [0.25, 0.3) is 0 Å². The smallest absolute Gasteiger partial charge is 0.0232 e. The molecule has 0 radical (unpaired) electrons. The first-order valence-corrected chi connectivity index (χ1v) is 4.71. The van der Waals surface area contributed by atoms with E-state index in [0.717, 1.165) is 0 Å². The summed E-state index contributed by atoms with van der Waals surface area (Å²) in [5, 5.41) is 0. The van der Waals surface area contributed by atoms with Gasteiger partial charge in [-0.1, -0.05) is 0 Å². The first-order chi connectivity index (χ1) is 5.63. The van der Waals surface area contributed by atoms with Crippen LogP contribution in [0.25, 0.3) is 0 Å². The van der Waals surface area contributed by atoms with Crippen molar-refractivity contribution in [3.8, 4) is 0 Å². The normalized spacial score (nSPS) is 14.0. The fourth-order valence-corrected chi connectivity index (χ4v) is 2.22. The van der Waals surface area contributed by atoms with Crippen LogP contribution in [0.1, 0.15) is 33.4 Å². The van der Waals surface area contributed by atoms with Gasteiger partial charge in [0, 0.05) is 0 Å². The van der Waals surface area contributed by atoms with Crippen LogP contribution in [0.15, 0.2) is 0 Å². The molecule has 0 atom stereocenters. The van der Waals surface area contributed by atoms with Gasteiger partial charge in [-0.05, 0) is 73.9 Å². The summed E-state index contributed by atoms with van der Waals surface area (Å²) in [4.78, 5) is 0. The molecule has 0 heteroatoms. The Kier molecular flexibility index (Phi) is 1.54. The molecule has 0 aromatic heterocycles. The zero-order chi connectivity index (χ0) is 8.88. The Hall–Kier alpha value is -0.780. The highest BCUT2D eigenvalue weighted by atomic mass is 14.3. The minimum absolute atomic E-state index is 1.31. The summed E-state index contributed by atoms with van der Waals surface area (Å²) in [6, 6.07) is 0. The SMILES string of the molecule is Cc1c(C)c(C)c2c(c1C)CC2. The van der Waals surface area contributed by atoms with Crippen LogP contribution in [0.3, 0.4) is 0 Å². The second-order valence-corrected chi connectivity index (χ2v) is 3.96. The third-order valence-corrected chi connectivity index (χ3v) is 3.58. The van der Waals surface area contributed by atoms with Crippen molar-refractivity contribution in [1.29, 1.82) is 0 Å². The Morgan fingerprint density at radius 1 is 0.583 bits per heavy atom. The van der Waals surface area contributed by atoms with Crippen LogP contribution < -0.4 is 0 Å². The average molecular weight is 160 g/mol. The van der Waals surface area contributed by atoms with Crippen molar-refractivity contribution < 1.29 is 0 Å². The molecule has 0 spiro atoms. The van der Waals surface area contributed by atoms with Crippen LogP contribution >= 0.6 is 0 Å². The van der Waals surface area contributed by atoms with Gasteiger partial charge < -0.3 is 0 Å². The molecule has 1 aliphatic rings. The number of rotatable bonds is 0. The van der Waals surface area contributed by atoms with Crippen molar-refractivity contribution in [2.24, 2.45) is 0 Å². The molecule has 0 fully saturated rings. The van der Waals surface area contributed by atoms with Gasteiger partial charge in [0.05, 0.1) is 0 Å². The van der Waals surface area contributed by atoms with E-state index in [-0.39, 0.29) is 0 Å². The van der Waals surface area contributed by atoms with Crippen molar-refractivity contribution in [2.45, 2.75) is 40.5 Å². The molecule has 2 rings (SSSR count). The van der Waals surface area contributed by atoms with Crippen molar-refractivity contribution in [1.82, 2.24) is 0 Å². The molecular formula is C12H16. The molecular weight excluding hydrogens is 144 g/mol. The van der Waals surface area contributed by atoms with E-state index >= 15 is 0 Å². The molecule has 1 aromatic rings. The van der Waals surface area contributed by atoms with E-state index < -0.39 is 0 Å². The topological polar surface area (TPSA) is 0 Å². The molecule has 0 unspecified atom stereocenters. The lowest BCUT2D eigenvalue weighted by molar-refractivity contribution is 0.807. The maximum Gasteiger partial charge on any atom is -0.0232 e. The van der Waals surface area contributed by atoms with Gasteiger partial charge >= 0.3 is 0 Å². The van der Waals surface area contributed by atoms with E-state index in [1.807, 2.05) is 0 Å². The van der Waals surface area contributed by atoms with Gasteiger partial charge in [-0.15, -0.1) is 0 Å². The van der Waals surface area contributed by atoms with E-state index in [4.69, 9.17) is 0 Å². The summed E-state index contributed by atoms with van der Waals surface area (Å²) in [5.74, 6) is 0. The zero-order valence-corrected chi connectivity index (χ0v) is 8.41. The van der Waals surface area contributed by atoms with Crippen LogP contribution in [-0.4, -0.2) is 0 Å². The number of fused-ring (bicyclic) bond motifs is 1. The molecule has 0 nitrogen and oxygen atoms in total. The molecule has 64 valence electrons. The summed E-state index contributed by atoms with van der Waals surface area (Å²) >= 11 is 0. The monoisotopic (exact) mass is 160 g/mol. The van der Waals surface area contributed by atoms with Crippen molar-refractivity contribution in [2.75, 3.05) is 0 Å². The molecule has 0 N–H and O–H groups in total. The van der Waals surface area contributed by atoms with Gasteiger partial charge in [0.2, 0.25) is 0 Å². The van der Waals surface area contributed by atoms with E-state index in [0.29, 0.717) is 0 Å². The quantitative estimate of drug-likeness (QED) is 0.547. The van der Waals surface area contributed by atoms with Crippen LogP contribution in [0.4, 0.5) is 0 Å². The Labute approximate surface area is 74.6 Å². The highest BCUT2D eigenvalue weighted by Gasteiger charge is 2.20. The summed E-state index contributed by atoms with van der Waals surface area (Å²) in [6.07, 6.45) is 2.62. The molecule has 12 heavy (non-hydrogen) atoms. The number of benzene rings is 1. The summed E-state index contributed by atoms with van der Waals surface area (Å²) < 4.78 is 0. The van der Waals surface area contributed by atoms with Crippen molar-refractivity contribution >= 4 is 0 Å². The zero-order valence-electron chi connectivity index (χ0n) is 8.41. The van der Waals surface area contributed by atoms with E-state index in [1.54, 1.807) is 22.3 Å². The maximum atomic E-state index is 2.26. The predicted molar refractivity (Wildman–Crippen MR) is 52.8 cm³/mol. The van der Waals surface area contributed by atoms with Crippen LogP contribution in [0.5, 0.6) is 0 Å². The Morgan fingerprint density at radius 2 is 0.917 bits per heavy atom. The highest BCUT2D eigenvalue weighted by molar-refractivity contribution is 5.54. The first kappa shape index (κ1) is 7.85. The largest absolute Gasteiger partial charge is 0.0447 e. The lowest BCUT2D eigenvalue weighted by Crippen LogP contribution is -2.15. The van der Waals surface area contributed by atoms with E-state index in [2.05, 4.69) is 27.7 Å². The number of hydrogen-bond donors (Lipinski definition) is 0. The lowest BCUT2D eigenvalue weighted by atomic mass is 9.78. The minimum atomic E-state index is 1.31. The highest BCUT2D eigenvalue weighted by Crippen LogP contribution is 2.33. The fourth-order valence-electron chi connectivity index (χ4n) is 2.22. The van der Waals surface area contributed by atoms with Crippen LogP contribution in [0.2, 0.25) is 0 Å². The third kappa shape index (κ3) is 0.782. The maximum absolute atomic E-state index is 2.26. The summed E-state index contributed by atoms with van der Waals surface area (Å²) in [5.41, 5.74) is 9.36. The lowest BCUT2D eigenvalue weighted by Gasteiger charge is -2.27. The molecule has 0 amide bonds. The second-order valence-electron chi connectivity index (χ2n) is 3.96. The molecule has 0 bridgehead atoms. The van der Waals surface area contributed by atoms with Gasteiger partial charge in [0.15, 0.2) is 0 Å². The van der Waals surface area contributed by atoms with Gasteiger partial charge in [-0.3, -0.25) is 0 Å². The molecule has 1 aliphatic carbocycles. The average Bonchev–Trinajstić information content (AvgIpc) is 1.97. The number of hydrogen-bond acceptors (Lipinski definition) is 0. The van der Waals surface area contributed by atoms with E-state index in [9.17, 15) is 0 Å². The Balaban J connectivity index is 2.78. The summed E-state index contributed by atoms with van der Waals surface area (Å²) in [7, 11) is 0. The second kappa shape index (κ2) is 2.35. The molecule has 0 saturated heterocycles. The molecule has 0 heterocycles. The van der Waals surface area contributed by atoms with Gasteiger partial charge in [-0.25, -0.2) is 0 Å². The minimum Gasteiger partial charge on any atom is -0.0447 e. The Bertz CT molecular complexity index is 255. The predicted octanol–water partition coefficient (Wildman–Crippen LogP) is 3.02. The van der Waals surface area contributed by atoms with Crippen LogP contribution in [0, 0.1) is 27.7 Å². The standard InChI is InChI=1S/C12H16/c1-7-8(2)10(4)12-6-5-11(12)9(7)3/h5-6H2,1-4H3. The van der Waals surface area contributed by atoms with Crippen molar-refractivity contribution in [3.05, 3.63) is 33.4 Å². The molecule has 1 aromatic carbocycles. The third-order valence-electron chi connectivity index (χ3n) is 3.58. The fraction of sp³-hybridized carbons (Fsp3) is 0.500. The Morgan fingerprint density at radius 3 is 1.17 bits per heavy atom. The molecule has 0 saturated carbocycles. The van der Waals surface area contributed by atoms with E-state index in [1.165, 1.54) is 24.0 Å². The van der Waals surface area contributed by atoms with Crippen molar-refractivity contribution in [3.63, 3.8) is 0 Å². The summed E-state index contributed by atoms with van der Waals surface area (Å²) in [6.45, 7) is 9.02. The van der Waals surface area contributed by atoms with Gasteiger partial charge in [-0.2, -0.15) is 0 Å².